The van der Waals surface area contributed by atoms with Crippen LogP contribution < -0.4 is 15.0 Å². The van der Waals surface area contributed by atoms with E-state index in [0.29, 0.717) is 36.4 Å². The number of rotatable bonds is 4. The van der Waals surface area contributed by atoms with Crippen LogP contribution in [0.5, 0.6) is 5.75 Å². The molecule has 0 unspecified atom stereocenters. The smallest absolute Gasteiger partial charge is 0.240 e. The average molecular weight is 439 g/mol. The summed E-state index contributed by atoms with van der Waals surface area (Å²) >= 11 is 0. The summed E-state index contributed by atoms with van der Waals surface area (Å²) in [5, 5.41) is 3.14. The maximum atomic E-state index is 13.0. The quantitative estimate of drug-likeness (QED) is 0.664. The molecule has 2 bridgehead atoms. The van der Waals surface area contributed by atoms with Crippen LogP contribution in [0.2, 0.25) is 0 Å². The lowest BCUT2D eigenvalue weighted by atomic mass is 9.59. The standard InChI is InChI=1S/C28H26N2O3/c31-26(17-30-24-11-5-6-12-25(24)33-14-13-27(30)32)29-16-18-15-23-19-7-1-3-9-21(19)28(18)22-10-4-2-8-20(22)23/h1-12,18,23,28H,13-17H2,(H,29,31)/t18-,23?,28?/m0/s1. The number of benzene rings is 3. The molecule has 2 amide bonds. The molecule has 0 saturated carbocycles. The molecule has 0 aromatic heterocycles. The summed E-state index contributed by atoms with van der Waals surface area (Å²) in [6.07, 6.45) is 1.29. The fourth-order valence-corrected chi connectivity index (χ4v) is 5.90. The van der Waals surface area contributed by atoms with Crippen molar-refractivity contribution in [2.75, 3.05) is 24.6 Å². The molecule has 5 heteroatoms. The van der Waals surface area contributed by atoms with Crippen molar-refractivity contribution in [3.8, 4) is 5.75 Å². The van der Waals surface area contributed by atoms with Crippen molar-refractivity contribution in [3.05, 3.63) is 95.1 Å². The van der Waals surface area contributed by atoms with Gasteiger partial charge < -0.3 is 10.1 Å². The van der Waals surface area contributed by atoms with Gasteiger partial charge in [0.2, 0.25) is 11.8 Å². The molecule has 0 radical (unpaired) electrons. The van der Waals surface area contributed by atoms with Crippen molar-refractivity contribution in [1.29, 1.82) is 0 Å². The highest BCUT2D eigenvalue weighted by atomic mass is 16.5. The highest BCUT2D eigenvalue weighted by molar-refractivity contribution is 6.00. The van der Waals surface area contributed by atoms with Crippen molar-refractivity contribution in [1.82, 2.24) is 5.32 Å². The Hall–Kier alpha value is -3.60. The number of hydrogen-bond donors (Lipinski definition) is 1. The average Bonchev–Trinajstić information content (AvgIpc) is 3.01. The fourth-order valence-electron chi connectivity index (χ4n) is 5.90. The first kappa shape index (κ1) is 20.0. The fraction of sp³-hybridized carbons (Fsp3) is 0.286. The van der Waals surface area contributed by atoms with Gasteiger partial charge in [0.05, 0.1) is 18.7 Å². The van der Waals surface area contributed by atoms with E-state index in [-0.39, 0.29) is 30.7 Å². The molecule has 3 aromatic rings. The first-order chi connectivity index (χ1) is 16.2. The van der Waals surface area contributed by atoms with Gasteiger partial charge in [-0.1, -0.05) is 60.7 Å². The van der Waals surface area contributed by atoms with Crippen LogP contribution in [0.3, 0.4) is 0 Å². The van der Waals surface area contributed by atoms with E-state index in [4.69, 9.17) is 4.74 Å². The van der Waals surface area contributed by atoms with Crippen molar-refractivity contribution >= 4 is 17.5 Å². The van der Waals surface area contributed by atoms with Gasteiger partial charge in [-0.15, -0.1) is 0 Å². The number of amides is 2. The highest BCUT2D eigenvalue weighted by Crippen LogP contribution is 2.55. The van der Waals surface area contributed by atoms with E-state index in [1.54, 1.807) is 4.90 Å². The molecule has 4 aliphatic rings. The topological polar surface area (TPSA) is 58.6 Å². The number of para-hydroxylation sites is 2. The summed E-state index contributed by atoms with van der Waals surface area (Å²) in [4.78, 5) is 27.2. The van der Waals surface area contributed by atoms with Crippen molar-refractivity contribution < 1.29 is 14.3 Å². The predicted molar refractivity (Wildman–Crippen MR) is 127 cm³/mol. The van der Waals surface area contributed by atoms with E-state index in [1.165, 1.54) is 22.3 Å². The summed E-state index contributed by atoms with van der Waals surface area (Å²) < 4.78 is 5.69. The molecule has 7 rings (SSSR count). The van der Waals surface area contributed by atoms with Gasteiger partial charge in [0, 0.05) is 18.4 Å². The summed E-state index contributed by atoms with van der Waals surface area (Å²) in [7, 11) is 0. The monoisotopic (exact) mass is 438 g/mol. The second kappa shape index (κ2) is 8.07. The van der Waals surface area contributed by atoms with E-state index < -0.39 is 0 Å². The van der Waals surface area contributed by atoms with Crippen LogP contribution in [0.4, 0.5) is 5.69 Å². The number of carbonyl (C=O) groups excluding carboxylic acids is 2. The minimum Gasteiger partial charge on any atom is -0.491 e. The molecule has 1 heterocycles. The maximum Gasteiger partial charge on any atom is 0.240 e. The third-order valence-corrected chi connectivity index (χ3v) is 7.32. The summed E-state index contributed by atoms with van der Waals surface area (Å²) in [6.45, 7) is 0.938. The first-order valence-electron chi connectivity index (χ1n) is 11.7. The summed E-state index contributed by atoms with van der Waals surface area (Å²) in [5.41, 5.74) is 6.29. The summed E-state index contributed by atoms with van der Waals surface area (Å²) in [5.74, 6) is 1.42. The van der Waals surface area contributed by atoms with Gasteiger partial charge in [-0.05, 0) is 46.7 Å². The van der Waals surface area contributed by atoms with Crippen LogP contribution in [0.15, 0.2) is 72.8 Å². The second-order valence-electron chi connectivity index (χ2n) is 9.13. The minimum absolute atomic E-state index is 0.00714. The van der Waals surface area contributed by atoms with E-state index in [0.717, 1.165) is 6.42 Å². The van der Waals surface area contributed by atoms with Gasteiger partial charge in [-0.2, -0.15) is 0 Å². The molecule has 5 nitrogen and oxygen atoms in total. The number of nitrogens with one attached hydrogen (secondary N) is 1. The second-order valence-corrected chi connectivity index (χ2v) is 9.13. The van der Waals surface area contributed by atoms with Crippen molar-refractivity contribution in [2.45, 2.75) is 24.7 Å². The number of nitrogens with zero attached hydrogens (tertiary/aromatic N) is 1. The first-order valence-corrected chi connectivity index (χ1v) is 11.7. The normalized spacial score (nSPS) is 22.5. The Morgan fingerprint density at radius 3 is 2.27 bits per heavy atom. The number of fused-ring (bicyclic) bond motifs is 2. The minimum atomic E-state index is -0.136. The van der Waals surface area contributed by atoms with E-state index in [1.807, 2.05) is 24.3 Å². The highest BCUT2D eigenvalue weighted by Gasteiger charge is 2.43. The van der Waals surface area contributed by atoms with Crippen LogP contribution in [-0.2, 0) is 9.59 Å². The van der Waals surface area contributed by atoms with E-state index in [9.17, 15) is 9.59 Å². The Kier molecular flexibility index (Phi) is 4.90. The number of anilines is 1. The van der Waals surface area contributed by atoms with Crippen LogP contribution >= 0.6 is 0 Å². The molecule has 3 aliphatic carbocycles. The van der Waals surface area contributed by atoms with Gasteiger partial charge >= 0.3 is 0 Å². The van der Waals surface area contributed by atoms with E-state index >= 15 is 0 Å². The SMILES string of the molecule is O=C(CN1C(=O)CCOc2ccccc21)NC[C@@H]1CC2c3ccccc3C1c1ccccc12. The van der Waals surface area contributed by atoms with Crippen LogP contribution in [0.1, 0.15) is 46.9 Å². The summed E-state index contributed by atoms with van der Waals surface area (Å²) in [6, 6.07) is 24.9. The van der Waals surface area contributed by atoms with Crippen molar-refractivity contribution in [2.24, 2.45) is 5.92 Å². The van der Waals surface area contributed by atoms with Gasteiger partial charge in [0.1, 0.15) is 12.3 Å². The number of ether oxygens (including phenoxy) is 1. The Bertz CT molecular complexity index is 1190. The molecule has 3 aromatic carbocycles. The van der Waals surface area contributed by atoms with Gasteiger partial charge in [0.25, 0.3) is 0 Å². The molecule has 0 spiro atoms. The molecular weight excluding hydrogens is 412 g/mol. The van der Waals surface area contributed by atoms with Crippen LogP contribution in [0, 0.1) is 5.92 Å². The lowest BCUT2D eigenvalue weighted by Gasteiger charge is -2.45. The molecular formula is C28H26N2O3. The zero-order valence-corrected chi connectivity index (χ0v) is 18.4. The zero-order valence-electron chi connectivity index (χ0n) is 18.4. The number of hydrogen-bond acceptors (Lipinski definition) is 3. The van der Waals surface area contributed by atoms with E-state index in [2.05, 4.69) is 53.8 Å². The van der Waals surface area contributed by atoms with Gasteiger partial charge in [0.15, 0.2) is 0 Å². The maximum absolute atomic E-state index is 13.0. The third kappa shape index (κ3) is 3.39. The Morgan fingerprint density at radius 1 is 0.909 bits per heavy atom. The lowest BCUT2D eigenvalue weighted by molar-refractivity contribution is -0.124. The molecule has 166 valence electrons. The predicted octanol–water partition coefficient (Wildman–Crippen LogP) is 4.22. The number of carbonyl (C=O) groups is 2. The Balaban J connectivity index is 1.20. The molecule has 0 saturated heterocycles. The van der Waals surface area contributed by atoms with Crippen LogP contribution in [-0.4, -0.2) is 31.5 Å². The molecule has 1 N–H and O–H groups in total. The molecule has 33 heavy (non-hydrogen) atoms. The Labute approximate surface area is 193 Å². The molecule has 0 fully saturated rings. The van der Waals surface area contributed by atoms with Crippen molar-refractivity contribution in [3.63, 3.8) is 0 Å². The molecule has 1 atom stereocenters. The van der Waals surface area contributed by atoms with Crippen LogP contribution in [0.25, 0.3) is 0 Å². The largest absolute Gasteiger partial charge is 0.491 e. The zero-order chi connectivity index (χ0) is 22.4. The third-order valence-electron chi connectivity index (χ3n) is 7.32. The lowest BCUT2D eigenvalue weighted by Crippen LogP contribution is -2.44. The van der Waals surface area contributed by atoms with Gasteiger partial charge in [-0.3, -0.25) is 14.5 Å². The molecule has 1 aliphatic heterocycles. The Morgan fingerprint density at radius 2 is 1.55 bits per heavy atom. The van der Waals surface area contributed by atoms with Gasteiger partial charge in [-0.25, -0.2) is 0 Å².